The lowest BCUT2D eigenvalue weighted by Gasteiger charge is -2.12. The second-order valence-corrected chi connectivity index (χ2v) is 7.44. The molecule has 1 heterocycles. The van der Waals surface area contributed by atoms with Gasteiger partial charge in [-0.15, -0.1) is 11.8 Å². The fourth-order valence-electron chi connectivity index (χ4n) is 2.38. The topological polar surface area (TPSA) is 66.5 Å². The molecule has 0 radical (unpaired) electrons. The number of thioether (sulfide) groups is 2. The Morgan fingerprint density at radius 3 is 2.56 bits per heavy atom. The van der Waals surface area contributed by atoms with E-state index in [1.165, 1.54) is 18.2 Å². The highest BCUT2D eigenvalue weighted by Crippen LogP contribution is 2.32. The summed E-state index contributed by atoms with van der Waals surface area (Å²) in [6.07, 6.45) is 3.58. The quantitative estimate of drug-likeness (QED) is 0.599. The lowest BCUT2D eigenvalue weighted by molar-refractivity contribution is -0.127. The van der Waals surface area contributed by atoms with Gasteiger partial charge in [0.2, 0.25) is 5.91 Å². The molecule has 0 aromatic heterocycles. The molecule has 3 amide bonds. The molecule has 1 fully saturated rings. The number of hydrogen-bond donors (Lipinski definition) is 1. The summed E-state index contributed by atoms with van der Waals surface area (Å²) in [5, 5.41) is 1.83. The molecular formula is C19H15FN2O3S2. The number of carbonyl (C=O) groups excluding carboxylic acids is 3. The monoisotopic (exact) mass is 402 g/mol. The normalized spacial score (nSPS) is 15.5. The maximum atomic E-state index is 13.6. The van der Waals surface area contributed by atoms with Gasteiger partial charge in [-0.25, -0.2) is 4.39 Å². The summed E-state index contributed by atoms with van der Waals surface area (Å²) in [5.74, 6) is -1.77. The average Bonchev–Trinajstić information content (AvgIpc) is 2.91. The van der Waals surface area contributed by atoms with Crippen molar-refractivity contribution in [1.82, 2.24) is 4.90 Å². The fraction of sp³-hybridized carbons (Fsp3) is 0.105. The number of anilines is 1. The van der Waals surface area contributed by atoms with Crippen LogP contribution in [0.1, 0.15) is 5.56 Å². The van der Waals surface area contributed by atoms with E-state index in [1.54, 1.807) is 23.9 Å². The smallest absolute Gasteiger partial charge is 0.294 e. The summed E-state index contributed by atoms with van der Waals surface area (Å²) >= 11 is 2.38. The van der Waals surface area contributed by atoms with Crippen LogP contribution in [0.3, 0.4) is 0 Å². The Balaban J connectivity index is 1.69. The van der Waals surface area contributed by atoms with Crippen LogP contribution in [0.4, 0.5) is 14.9 Å². The highest BCUT2D eigenvalue weighted by Gasteiger charge is 2.36. The van der Waals surface area contributed by atoms with Crippen molar-refractivity contribution in [2.24, 2.45) is 0 Å². The first-order valence-electron chi connectivity index (χ1n) is 7.92. The van der Waals surface area contributed by atoms with Gasteiger partial charge >= 0.3 is 0 Å². The van der Waals surface area contributed by atoms with E-state index in [4.69, 9.17) is 0 Å². The third-order valence-electron chi connectivity index (χ3n) is 3.74. The van der Waals surface area contributed by atoms with Gasteiger partial charge in [-0.2, -0.15) is 0 Å². The third kappa shape index (κ3) is 4.58. The minimum atomic E-state index is -0.645. The molecule has 0 atom stereocenters. The maximum absolute atomic E-state index is 13.6. The van der Waals surface area contributed by atoms with Crippen LogP contribution in [-0.2, 0) is 9.59 Å². The standard InChI is InChI=1S/C19H15FN2O3S2/c1-26-13-8-6-12(7-9-13)10-16-18(24)22(19(25)27-16)11-17(23)21-15-5-3-2-4-14(15)20/h2-10H,11H2,1H3,(H,21,23)/b16-10-. The van der Waals surface area contributed by atoms with Crippen LogP contribution in [-0.4, -0.2) is 34.8 Å². The molecule has 1 N–H and O–H groups in total. The average molecular weight is 402 g/mol. The van der Waals surface area contributed by atoms with E-state index >= 15 is 0 Å². The van der Waals surface area contributed by atoms with Gasteiger partial charge in [-0.3, -0.25) is 19.3 Å². The number of para-hydroxylation sites is 1. The maximum Gasteiger partial charge on any atom is 0.294 e. The summed E-state index contributed by atoms with van der Waals surface area (Å²) in [4.78, 5) is 38.8. The van der Waals surface area contributed by atoms with Crippen LogP contribution in [0, 0.1) is 5.82 Å². The van der Waals surface area contributed by atoms with Gasteiger partial charge in [-0.05, 0) is 53.9 Å². The number of hydrogen-bond acceptors (Lipinski definition) is 5. The van der Waals surface area contributed by atoms with Gasteiger partial charge in [-0.1, -0.05) is 24.3 Å². The Kier molecular flexibility index (Phi) is 5.98. The highest BCUT2D eigenvalue weighted by atomic mass is 32.2. The minimum Gasteiger partial charge on any atom is -0.322 e. The zero-order chi connectivity index (χ0) is 19.4. The zero-order valence-corrected chi connectivity index (χ0v) is 15.9. The Hall–Kier alpha value is -2.58. The molecule has 1 aliphatic heterocycles. The summed E-state index contributed by atoms with van der Waals surface area (Å²) in [5.41, 5.74) is 0.785. The van der Waals surface area contributed by atoms with Gasteiger partial charge in [0.05, 0.1) is 10.6 Å². The number of carbonyl (C=O) groups is 3. The number of nitrogens with zero attached hydrogens (tertiary/aromatic N) is 1. The van der Waals surface area contributed by atoms with Crippen LogP contribution < -0.4 is 5.32 Å². The molecule has 2 aromatic rings. The first kappa shape index (κ1) is 19.2. The highest BCUT2D eigenvalue weighted by molar-refractivity contribution is 8.18. The molecule has 0 unspecified atom stereocenters. The van der Waals surface area contributed by atoms with Crippen LogP contribution >= 0.6 is 23.5 Å². The van der Waals surface area contributed by atoms with Gasteiger partial charge in [0.25, 0.3) is 11.1 Å². The van der Waals surface area contributed by atoms with Crippen molar-refractivity contribution in [3.63, 3.8) is 0 Å². The molecule has 138 valence electrons. The van der Waals surface area contributed by atoms with Crippen molar-refractivity contribution in [2.75, 3.05) is 18.1 Å². The number of rotatable bonds is 5. The number of imide groups is 1. The predicted molar refractivity (Wildman–Crippen MR) is 106 cm³/mol. The lowest BCUT2D eigenvalue weighted by atomic mass is 10.2. The van der Waals surface area contributed by atoms with E-state index in [2.05, 4.69) is 5.32 Å². The van der Waals surface area contributed by atoms with E-state index in [1.807, 2.05) is 30.5 Å². The summed E-state index contributed by atoms with van der Waals surface area (Å²) in [6.45, 7) is -0.470. The molecule has 0 bridgehead atoms. The predicted octanol–water partition coefficient (Wildman–Crippen LogP) is 4.22. The van der Waals surface area contributed by atoms with E-state index < -0.39 is 29.4 Å². The van der Waals surface area contributed by atoms with Crippen LogP contribution in [0.2, 0.25) is 0 Å². The van der Waals surface area contributed by atoms with E-state index in [-0.39, 0.29) is 10.6 Å². The van der Waals surface area contributed by atoms with Crippen molar-refractivity contribution in [2.45, 2.75) is 4.90 Å². The molecule has 0 saturated carbocycles. The van der Waals surface area contributed by atoms with E-state index in [0.717, 1.165) is 27.1 Å². The Bertz CT molecular complexity index is 929. The van der Waals surface area contributed by atoms with Gasteiger partial charge in [0.15, 0.2) is 0 Å². The van der Waals surface area contributed by atoms with Crippen LogP contribution in [0.15, 0.2) is 58.3 Å². The minimum absolute atomic E-state index is 0.00102. The second kappa shape index (κ2) is 8.41. The number of nitrogens with one attached hydrogen (secondary N) is 1. The van der Waals surface area contributed by atoms with Crippen molar-refractivity contribution in [3.8, 4) is 0 Å². The molecule has 27 heavy (non-hydrogen) atoms. The molecule has 2 aromatic carbocycles. The van der Waals surface area contributed by atoms with Crippen LogP contribution in [0.25, 0.3) is 6.08 Å². The largest absolute Gasteiger partial charge is 0.322 e. The molecule has 1 saturated heterocycles. The number of halogens is 1. The molecule has 8 heteroatoms. The Morgan fingerprint density at radius 2 is 1.89 bits per heavy atom. The molecule has 1 aliphatic rings. The van der Waals surface area contributed by atoms with E-state index in [9.17, 15) is 18.8 Å². The second-order valence-electron chi connectivity index (χ2n) is 5.57. The summed E-state index contributed by atoms with van der Waals surface area (Å²) in [7, 11) is 0. The van der Waals surface area contributed by atoms with Gasteiger partial charge in [0.1, 0.15) is 12.4 Å². The lowest BCUT2D eigenvalue weighted by Crippen LogP contribution is -2.36. The van der Waals surface area contributed by atoms with Crippen molar-refractivity contribution < 1.29 is 18.8 Å². The number of amides is 3. The number of benzene rings is 2. The Labute approximate surface area is 164 Å². The molecule has 0 spiro atoms. The summed E-state index contributed by atoms with van der Waals surface area (Å²) < 4.78 is 13.6. The first-order valence-corrected chi connectivity index (χ1v) is 9.96. The van der Waals surface area contributed by atoms with Crippen molar-refractivity contribution in [3.05, 3.63) is 64.8 Å². The first-order chi connectivity index (χ1) is 13.0. The van der Waals surface area contributed by atoms with E-state index in [0.29, 0.717) is 0 Å². The third-order valence-corrected chi connectivity index (χ3v) is 5.39. The summed E-state index contributed by atoms with van der Waals surface area (Å²) in [6, 6.07) is 13.2. The van der Waals surface area contributed by atoms with Crippen LogP contribution in [0.5, 0.6) is 0 Å². The molecule has 0 aliphatic carbocycles. The fourth-order valence-corrected chi connectivity index (χ4v) is 3.63. The van der Waals surface area contributed by atoms with Crippen molar-refractivity contribution >= 4 is 52.3 Å². The van der Waals surface area contributed by atoms with Gasteiger partial charge < -0.3 is 5.32 Å². The zero-order valence-electron chi connectivity index (χ0n) is 14.3. The van der Waals surface area contributed by atoms with Crippen molar-refractivity contribution in [1.29, 1.82) is 0 Å². The molecule has 3 rings (SSSR count). The SMILES string of the molecule is CSc1ccc(/C=C2\SC(=O)N(CC(=O)Nc3ccccc3F)C2=O)cc1. The van der Waals surface area contributed by atoms with Gasteiger partial charge in [0, 0.05) is 4.90 Å². The Morgan fingerprint density at radius 1 is 1.19 bits per heavy atom. The molecule has 5 nitrogen and oxygen atoms in total. The molecular weight excluding hydrogens is 387 g/mol.